The van der Waals surface area contributed by atoms with Crippen LogP contribution in [-0.4, -0.2) is 54.3 Å². The van der Waals surface area contributed by atoms with Crippen LogP contribution in [0, 0.1) is 13.8 Å². The molecule has 2 aromatic rings. The third kappa shape index (κ3) is 6.81. The van der Waals surface area contributed by atoms with E-state index >= 15 is 0 Å². The first kappa shape index (κ1) is 27.1. The number of ether oxygens (including phenoxy) is 1. The molecule has 11 heteroatoms. The maximum Gasteiger partial charge on any atom is 0.416 e. The van der Waals surface area contributed by atoms with Crippen LogP contribution in [0.2, 0.25) is 0 Å². The van der Waals surface area contributed by atoms with E-state index < -0.39 is 39.1 Å². The van der Waals surface area contributed by atoms with Crippen LogP contribution in [-0.2, 0) is 32.3 Å². The van der Waals surface area contributed by atoms with Crippen molar-refractivity contribution in [2.75, 3.05) is 18.8 Å². The summed E-state index contributed by atoms with van der Waals surface area (Å²) in [6.45, 7) is 4.63. The topological polar surface area (TPSA) is 87.2 Å². The molecule has 7 nitrogen and oxygen atoms in total. The van der Waals surface area contributed by atoms with E-state index in [1.165, 1.54) is 10.4 Å². The number of amides is 1. The highest BCUT2D eigenvalue weighted by atomic mass is 32.2. The maximum atomic E-state index is 13.5. The van der Waals surface area contributed by atoms with Crippen LogP contribution in [0.5, 0.6) is 0 Å². The van der Waals surface area contributed by atoms with Crippen LogP contribution in [0.1, 0.15) is 46.7 Å². The van der Waals surface area contributed by atoms with E-state index in [2.05, 4.69) is 0 Å². The molecule has 0 aliphatic carbocycles. The third-order valence-corrected chi connectivity index (χ3v) is 8.08. The molecule has 1 N–H and O–H groups in total. The minimum atomic E-state index is -4.78. The molecule has 1 heterocycles. The third-order valence-electron chi connectivity index (χ3n) is 6.19. The molecule has 1 aliphatic heterocycles. The summed E-state index contributed by atoms with van der Waals surface area (Å²) in [6.07, 6.45) is -4.20. The number of alkyl halides is 3. The lowest BCUT2D eigenvalue weighted by Gasteiger charge is -2.33. The Labute approximate surface area is 203 Å². The molecule has 1 saturated heterocycles. The fourth-order valence-electron chi connectivity index (χ4n) is 4.17. The highest BCUT2D eigenvalue weighted by Crippen LogP contribution is 2.36. The van der Waals surface area contributed by atoms with E-state index in [4.69, 9.17) is 4.74 Å². The summed E-state index contributed by atoms with van der Waals surface area (Å²) in [6, 6.07) is 8.65. The summed E-state index contributed by atoms with van der Waals surface area (Å²) in [5.74, 6) is -0.886. The normalized spacial score (nSPS) is 16.7. The number of halogens is 3. The second-order valence-corrected chi connectivity index (χ2v) is 10.7. The van der Waals surface area contributed by atoms with Gasteiger partial charge in [0.1, 0.15) is 0 Å². The Hall–Kier alpha value is -2.47. The van der Waals surface area contributed by atoms with E-state index in [0.29, 0.717) is 19.4 Å². The Kier molecular flexibility index (Phi) is 8.58. The first-order valence-electron chi connectivity index (χ1n) is 11.2. The quantitative estimate of drug-likeness (QED) is 0.308. The molecule has 3 rings (SSSR count). The van der Waals surface area contributed by atoms with Gasteiger partial charge in [-0.15, -0.1) is 0 Å². The molecule has 1 amide bonds. The van der Waals surface area contributed by atoms with Crippen molar-refractivity contribution in [3.05, 3.63) is 70.3 Å². The fraction of sp³-hybridized carbons (Fsp3) is 0.458. The highest BCUT2D eigenvalue weighted by molar-refractivity contribution is 7.89. The molecule has 0 saturated carbocycles. The van der Waals surface area contributed by atoms with Crippen LogP contribution in [0.3, 0.4) is 0 Å². The minimum absolute atomic E-state index is 0.0256. The molecule has 192 valence electrons. The van der Waals surface area contributed by atoms with Gasteiger partial charge in [0.05, 0.1) is 30.1 Å². The van der Waals surface area contributed by atoms with Crippen molar-refractivity contribution >= 4 is 16.4 Å². The Bertz CT molecular complexity index is 1130. The lowest BCUT2D eigenvalue weighted by atomic mass is 10.0. The van der Waals surface area contributed by atoms with E-state index in [1.807, 2.05) is 32.0 Å². The van der Waals surface area contributed by atoms with Crippen molar-refractivity contribution in [2.45, 2.75) is 51.6 Å². The number of benzene rings is 2. The Morgan fingerprint density at radius 3 is 2.46 bits per heavy atom. The standard InChI is InChI=1S/C24H29F3N2O5S/c1-17-7-8-18(2)19(13-17)14-34-20-9-11-28(12-10-20)35(32,33)15-23(29(31)16-30)21-5-3-4-6-22(21)24(25,26)27/h3-8,13,16,20,23,31H,9-12,14-15H2,1-2H3/t23-/m0/s1. The number of rotatable bonds is 9. The number of sulfonamides is 1. The van der Waals surface area contributed by atoms with E-state index in [-0.39, 0.29) is 30.7 Å². The lowest BCUT2D eigenvalue weighted by Crippen LogP contribution is -2.44. The van der Waals surface area contributed by atoms with E-state index in [1.54, 1.807) is 0 Å². The van der Waals surface area contributed by atoms with Crippen molar-refractivity contribution < 1.29 is 36.3 Å². The van der Waals surface area contributed by atoms with Gasteiger partial charge in [0.2, 0.25) is 16.4 Å². The summed E-state index contributed by atoms with van der Waals surface area (Å²) in [5.41, 5.74) is 1.67. The van der Waals surface area contributed by atoms with Crippen molar-refractivity contribution in [3.8, 4) is 0 Å². The van der Waals surface area contributed by atoms with Gasteiger partial charge >= 0.3 is 6.18 Å². The van der Waals surface area contributed by atoms with Crippen molar-refractivity contribution in [3.63, 3.8) is 0 Å². The van der Waals surface area contributed by atoms with Crippen LogP contribution in [0.4, 0.5) is 13.2 Å². The molecule has 35 heavy (non-hydrogen) atoms. The van der Waals surface area contributed by atoms with Gasteiger partial charge in [-0.2, -0.15) is 13.2 Å². The molecule has 1 aliphatic rings. The minimum Gasteiger partial charge on any atom is -0.373 e. The van der Waals surface area contributed by atoms with Crippen LogP contribution in [0.15, 0.2) is 42.5 Å². The molecule has 0 unspecified atom stereocenters. The van der Waals surface area contributed by atoms with Gasteiger partial charge in [-0.05, 0) is 49.4 Å². The number of carbonyl (C=O) groups excluding carboxylic acids is 1. The molecule has 0 bridgehead atoms. The van der Waals surface area contributed by atoms with Gasteiger partial charge in [0.25, 0.3) is 0 Å². The van der Waals surface area contributed by atoms with Crippen molar-refractivity contribution in [2.24, 2.45) is 0 Å². The first-order chi connectivity index (χ1) is 16.4. The number of hydrogen-bond donors (Lipinski definition) is 1. The number of hydrogen-bond acceptors (Lipinski definition) is 5. The number of nitrogens with zero attached hydrogens (tertiary/aromatic N) is 2. The number of piperidine rings is 1. The summed E-state index contributed by atoms with van der Waals surface area (Å²) < 4.78 is 73.8. The van der Waals surface area contributed by atoms with Gasteiger partial charge in [0.15, 0.2) is 0 Å². The molecule has 0 spiro atoms. The largest absolute Gasteiger partial charge is 0.416 e. The Morgan fingerprint density at radius 1 is 1.17 bits per heavy atom. The fourth-order valence-corrected chi connectivity index (χ4v) is 5.88. The Balaban J connectivity index is 1.68. The van der Waals surface area contributed by atoms with Gasteiger partial charge < -0.3 is 4.74 Å². The van der Waals surface area contributed by atoms with Crippen molar-refractivity contribution in [1.29, 1.82) is 0 Å². The second kappa shape index (κ2) is 11.1. The molecule has 0 aromatic heterocycles. The average Bonchev–Trinajstić information content (AvgIpc) is 2.82. The maximum absolute atomic E-state index is 13.5. The number of hydroxylamine groups is 2. The number of carbonyl (C=O) groups is 1. The summed E-state index contributed by atoms with van der Waals surface area (Å²) in [7, 11) is -4.10. The SMILES string of the molecule is Cc1ccc(C)c(COC2CCN(S(=O)(=O)C[C@@H](c3ccccc3C(F)(F)F)N(O)C=O)CC2)c1. The predicted octanol–water partition coefficient (Wildman–Crippen LogP) is 4.22. The molecular weight excluding hydrogens is 485 g/mol. The van der Waals surface area contributed by atoms with Gasteiger partial charge in [-0.1, -0.05) is 42.0 Å². The second-order valence-electron chi connectivity index (χ2n) is 8.70. The van der Waals surface area contributed by atoms with Gasteiger partial charge in [-0.25, -0.2) is 17.8 Å². The zero-order valence-electron chi connectivity index (χ0n) is 19.5. The van der Waals surface area contributed by atoms with Crippen LogP contribution < -0.4 is 0 Å². The molecular formula is C24H29F3N2O5S. The summed E-state index contributed by atoms with van der Waals surface area (Å²) >= 11 is 0. The monoisotopic (exact) mass is 514 g/mol. The zero-order chi connectivity index (χ0) is 25.8. The average molecular weight is 515 g/mol. The van der Waals surface area contributed by atoms with E-state index in [0.717, 1.165) is 34.9 Å². The van der Waals surface area contributed by atoms with Gasteiger partial charge in [-0.3, -0.25) is 10.0 Å². The lowest BCUT2D eigenvalue weighted by molar-refractivity contribution is -0.161. The zero-order valence-corrected chi connectivity index (χ0v) is 20.3. The van der Waals surface area contributed by atoms with Crippen LogP contribution >= 0.6 is 0 Å². The molecule has 0 radical (unpaired) electrons. The molecule has 1 atom stereocenters. The predicted molar refractivity (Wildman–Crippen MR) is 123 cm³/mol. The highest BCUT2D eigenvalue weighted by Gasteiger charge is 2.39. The first-order valence-corrected chi connectivity index (χ1v) is 12.8. The Morgan fingerprint density at radius 2 is 1.83 bits per heavy atom. The smallest absolute Gasteiger partial charge is 0.373 e. The number of aryl methyl sites for hydroxylation is 2. The van der Waals surface area contributed by atoms with Crippen molar-refractivity contribution in [1.82, 2.24) is 9.37 Å². The summed E-state index contributed by atoms with van der Waals surface area (Å²) in [5, 5.41) is 9.95. The summed E-state index contributed by atoms with van der Waals surface area (Å²) in [4.78, 5) is 11.2. The molecule has 2 aromatic carbocycles. The van der Waals surface area contributed by atoms with E-state index in [9.17, 15) is 31.6 Å². The van der Waals surface area contributed by atoms with Gasteiger partial charge in [0, 0.05) is 13.1 Å². The molecule has 1 fully saturated rings. The van der Waals surface area contributed by atoms with Crippen LogP contribution in [0.25, 0.3) is 0 Å².